The molecule has 4 unspecified atom stereocenters. The van der Waals surface area contributed by atoms with Gasteiger partial charge in [-0.25, -0.2) is 8.78 Å². The first kappa shape index (κ1) is 23.3. The van der Waals surface area contributed by atoms with Crippen molar-refractivity contribution < 1.29 is 13.5 Å². The average molecular weight is 441 g/mol. The maximum atomic E-state index is 15.5. The van der Waals surface area contributed by atoms with Gasteiger partial charge in [0.25, 0.3) is 0 Å². The van der Waals surface area contributed by atoms with Gasteiger partial charge in [-0.15, -0.1) is 0 Å². The predicted octanol–water partition coefficient (Wildman–Crippen LogP) is 8.95. The molecule has 1 nitrogen and oxygen atoms in total. The van der Waals surface area contributed by atoms with Crippen molar-refractivity contribution in [3.63, 3.8) is 0 Å². The summed E-state index contributed by atoms with van der Waals surface area (Å²) in [6.07, 6.45) is 15.7. The molecular formula is C29H38F2O. The predicted molar refractivity (Wildman–Crippen MR) is 129 cm³/mol. The lowest BCUT2D eigenvalue weighted by atomic mass is 9.63. The normalized spacial score (nSPS) is 25.5. The Morgan fingerprint density at radius 1 is 1.00 bits per heavy atom. The van der Waals surface area contributed by atoms with Gasteiger partial charge >= 0.3 is 0 Å². The summed E-state index contributed by atoms with van der Waals surface area (Å²) in [7, 11) is 0. The Balaban J connectivity index is 1.43. The number of halogens is 2. The SMILES string of the molecule is C=CCOc1cc(F)c2c(F)c(C3CCC4CC(CCCCCC)CCC4C3)ccc2c1. The van der Waals surface area contributed by atoms with Crippen molar-refractivity contribution in [2.24, 2.45) is 17.8 Å². The maximum Gasteiger partial charge on any atom is 0.137 e. The van der Waals surface area contributed by atoms with Gasteiger partial charge in [-0.3, -0.25) is 0 Å². The third-order valence-corrected chi connectivity index (χ3v) is 8.00. The van der Waals surface area contributed by atoms with Crippen LogP contribution in [0.25, 0.3) is 10.8 Å². The Bertz CT molecular complexity index is 921. The number of benzene rings is 2. The highest BCUT2D eigenvalue weighted by Gasteiger charge is 2.36. The molecule has 0 aromatic heterocycles. The number of hydrogen-bond donors (Lipinski definition) is 0. The van der Waals surface area contributed by atoms with Crippen LogP contribution in [0.1, 0.15) is 89.0 Å². The van der Waals surface area contributed by atoms with Crippen LogP contribution < -0.4 is 4.74 Å². The zero-order valence-corrected chi connectivity index (χ0v) is 19.6. The highest BCUT2D eigenvalue weighted by molar-refractivity contribution is 5.86. The van der Waals surface area contributed by atoms with Gasteiger partial charge in [0.1, 0.15) is 24.0 Å². The van der Waals surface area contributed by atoms with Gasteiger partial charge in [-0.1, -0.05) is 70.2 Å². The minimum absolute atomic E-state index is 0.103. The minimum atomic E-state index is -0.543. The Morgan fingerprint density at radius 2 is 1.81 bits per heavy atom. The molecule has 0 spiro atoms. The largest absolute Gasteiger partial charge is 0.489 e. The highest BCUT2D eigenvalue weighted by atomic mass is 19.1. The number of hydrogen-bond acceptors (Lipinski definition) is 1. The van der Waals surface area contributed by atoms with Crippen molar-refractivity contribution in [1.82, 2.24) is 0 Å². The molecule has 174 valence electrons. The minimum Gasteiger partial charge on any atom is -0.489 e. The summed E-state index contributed by atoms with van der Waals surface area (Å²) >= 11 is 0. The van der Waals surface area contributed by atoms with Crippen LogP contribution in [0.2, 0.25) is 0 Å². The van der Waals surface area contributed by atoms with Crippen molar-refractivity contribution in [2.45, 2.75) is 83.5 Å². The topological polar surface area (TPSA) is 9.23 Å². The molecule has 2 aromatic carbocycles. The van der Waals surface area contributed by atoms with E-state index in [1.165, 1.54) is 63.9 Å². The van der Waals surface area contributed by atoms with E-state index in [-0.39, 0.29) is 17.1 Å². The molecule has 0 bridgehead atoms. The van der Waals surface area contributed by atoms with E-state index in [1.54, 1.807) is 12.1 Å². The molecule has 3 heteroatoms. The molecule has 2 aliphatic carbocycles. The third-order valence-electron chi connectivity index (χ3n) is 8.00. The number of ether oxygens (including phenoxy) is 1. The van der Waals surface area contributed by atoms with Crippen LogP contribution in [0.3, 0.4) is 0 Å². The summed E-state index contributed by atoms with van der Waals surface area (Å²) in [5, 5.41) is 0.661. The molecule has 2 aliphatic rings. The number of unbranched alkanes of at least 4 members (excludes halogenated alkanes) is 3. The lowest BCUT2D eigenvalue weighted by Gasteiger charge is -2.42. The first-order valence-electron chi connectivity index (χ1n) is 12.8. The van der Waals surface area contributed by atoms with E-state index in [0.29, 0.717) is 29.2 Å². The fourth-order valence-electron chi connectivity index (χ4n) is 6.31. The summed E-state index contributed by atoms with van der Waals surface area (Å²) in [4.78, 5) is 0. The van der Waals surface area contributed by atoms with Gasteiger partial charge in [0.05, 0.1) is 5.39 Å². The smallest absolute Gasteiger partial charge is 0.137 e. The molecule has 0 radical (unpaired) electrons. The molecule has 2 aromatic rings. The van der Waals surface area contributed by atoms with Gasteiger partial charge in [-0.2, -0.15) is 0 Å². The quantitative estimate of drug-likeness (QED) is 0.279. The molecule has 0 heterocycles. The molecule has 0 aliphatic heterocycles. The lowest BCUT2D eigenvalue weighted by Crippen LogP contribution is -2.30. The number of rotatable bonds is 9. The Labute approximate surface area is 192 Å². The second kappa shape index (κ2) is 10.8. The van der Waals surface area contributed by atoms with Gasteiger partial charge < -0.3 is 4.74 Å². The molecule has 0 amide bonds. The summed E-state index contributed by atoms with van der Waals surface area (Å²) in [6.45, 7) is 6.18. The van der Waals surface area contributed by atoms with Crippen molar-refractivity contribution in [3.8, 4) is 5.75 Å². The van der Waals surface area contributed by atoms with E-state index >= 15 is 4.39 Å². The van der Waals surface area contributed by atoms with E-state index in [1.807, 2.05) is 12.1 Å². The summed E-state index contributed by atoms with van der Waals surface area (Å²) in [6, 6.07) is 6.75. The first-order valence-corrected chi connectivity index (χ1v) is 12.8. The van der Waals surface area contributed by atoms with Crippen LogP contribution in [0, 0.1) is 29.4 Å². The average Bonchev–Trinajstić information content (AvgIpc) is 2.80. The highest BCUT2D eigenvalue weighted by Crippen LogP contribution is 2.49. The van der Waals surface area contributed by atoms with Gasteiger partial charge in [0.15, 0.2) is 0 Å². The fourth-order valence-corrected chi connectivity index (χ4v) is 6.31. The van der Waals surface area contributed by atoms with Gasteiger partial charge in [0.2, 0.25) is 0 Å². The monoisotopic (exact) mass is 440 g/mol. The zero-order chi connectivity index (χ0) is 22.5. The zero-order valence-electron chi connectivity index (χ0n) is 19.6. The van der Waals surface area contributed by atoms with E-state index < -0.39 is 5.82 Å². The lowest BCUT2D eigenvalue weighted by molar-refractivity contribution is 0.112. The van der Waals surface area contributed by atoms with E-state index in [2.05, 4.69) is 13.5 Å². The molecule has 4 atom stereocenters. The van der Waals surface area contributed by atoms with Crippen LogP contribution in [-0.2, 0) is 0 Å². The second-order valence-corrected chi connectivity index (χ2v) is 10.1. The van der Waals surface area contributed by atoms with E-state index in [4.69, 9.17) is 4.74 Å². The Kier molecular flexibility index (Phi) is 7.86. The summed E-state index contributed by atoms with van der Waals surface area (Å²) in [5.74, 6) is 2.11. The molecule has 2 fully saturated rings. The molecule has 2 saturated carbocycles. The molecule has 4 rings (SSSR count). The molecule has 32 heavy (non-hydrogen) atoms. The molecule has 0 saturated heterocycles. The molecular weight excluding hydrogens is 402 g/mol. The van der Waals surface area contributed by atoms with Gasteiger partial charge in [-0.05, 0) is 72.8 Å². The Hall–Kier alpha value is -1.90. The van der Waals surface area contributed by atoms with Crippen LogP contribution in [0.15, 0.2) is 36.9 Å². The fraction of sp³-hybridized carbons (Fsp3) is 0.586. The van der Waals surface area contributed by atoms with Crippen LogP contribution in [-0.4, -0.2) is 6.61 Å². The summed E-state index contributed by atoms with van der Waals surface area (Å²) in [5.41, 5.74) is 0.705. The van der Waals surface area contributed by atoms with Gasteiger partial charge in [0, 0.05) is 6.07 Å². The van der Waals surface area contributed by atoms with Crippen LogP contribution in [0.4, 0.5) is 8.78 Å². The Morgan fingerprint density at radius 3 is 2.62 bits per heavy atom. The maximum absolute atomic E-state index is 15.5. The van der Waals surface area contributed by atoms with Crippen molar-refractivity contribution in [3.05, 3.63) is 54.1 Å². The third kappa shape index (κ3) is 5.18. The summed E-state index contributed by atoms with van der Waals surface area (Å²) < 4.78 is 35.7. The van der Waals surface area contributed by atoms with Crippen LogP contribution >= 0.6 is 0 Å². The van der Waals surface area contributed by atoms with Crippen LogP contribution in [0.5, 0.6) is 5.75 Å². The standard InChI is InChI=1S/C29H38F2O/c1-3-5-6-7-8-20-9-10-22-17-23(12-11-21(22)16-20)26-14-13-24-18-25(32-15-4-2)19-27(30)28(24)29(26)31/h4,13-14,18-23H,2-3,5-12,15-17H2,1H3. The molecule has 0 N–H and O–H groups in total. The number of fused-ring (bicyclic) bond motifs is 2. The van der Waals surface area contributed by atoms with E-state index in [0.717, 1.165) is 24.7 Å². The van der Waals surface area contributed by atoms with E-state index in [9.17, 15) is 4.39 Å². The van der Waals surface area contributed by atoms with Crippen molar-refractivity contribution >= 4 is 10.8 Å². The first-order chi connectivity index (χ1) is 15.6. The van der Waals surface area contributed by atoms with Crippen molar-refractivity contribution in [1.29, 1.82) is 0 Å². The van der Waals surface area contributed by atoms with Crippen molar-refractivity contribution in [2.75, 3.05) is 6.61 Å². The second-order valence-electron chi connectivity index (χ2n) is 10.1.